The Balaban J connectivity index is 1.03. The van der Waals surface area contributed by atoms with Crippen molar-refractivity contribution in [1.82, 2.24) is 13.7 Å². The van der Waals surface area contributed by atoms with Crippen LogP contribution in [0.5, 0.6) is 0 Å². The zero-order valence-corrected chi connectivity index (χ0v) is 34.6. The number of benzene rings is 10. The van der Waals surface area contributed by atoms with Crippen LogP contribution in [0.4, 0.5) is 0 Å². The molecule has 0 aliphatic heterocycles. The predicted octanol–water partition coefficient (Wildman–Crippen LogP) is 16.2. The standard InChI is InChI=1S/C60H37N3O/c1-2-16-38(17-3-1)41-18-4-5-19-42(41)47-32-35-58-59(48-24-10-15-29-57(48)64-58)60(47)63-54-28-14-9-23-46(54)50-37-40(31-34-56(50)63)62-53-27-13-8-22-45(53)49-36-39(30-33-55(49)62)61-51-25-11-6-20-43(51)44-21-7-12-26-52(44)61/h1-37H. The predicted molar refractivity (Wildman–Crippen MR) is 268 cm³/mol. The smallest absolute Gasteiger partial charge is 0.137 e. The lowest BCUT2D eigenvalue weighted by molar-refractivity contribution is 0.669. The summed E-state index contributed by atoms with van der Waals surface area (Å²) >= 11 is 0. The van der Waals surface area contributed by atoms with Crippen molar-refractivity contribution >= 4 is 87.4 Å². The molecule has 4 heteroatoms. The van der Waals surface area contributed by atoms with E-state index >= 15 is 0 Å². The Morgan fingerprint density at radius 3 is 1.30 bits per heavy atom. The first-order valence-corrected chi connectivity index (χ1v) is 21.9. The minimum atomic E-state index is 0.866. The van der Waals surface area contributed by atoms with Gasteiger partial charge >= 0.3 is 0 Å². The summed E-state index contributed by atoms with van der Waals surface area (Å²) in [5.41, 5.74) is 16.8. The zero-order valence-electron chi connectivity index (χ0n) is 34.6. The van der Waals surface area contributed by atoms with Crippen molar-refractivity contribution in [3.63, 3.8) is 0 Å². The van der Waals surface area contributed by atoms with Crippen molar-refractivity contribution in [1.29, 1.82) is 0 Å². The van der Waals surface area contributed by atoms with E-state index in [1.54, 1.807) is 0 Å². The first kappa shape index (κ1) is 35.0. The third-order valence-corrected chi connectivity index (χ3v) is 13.5. The fourth-order valence-electron chi connectivity index (χ4n) is 10.8. The molecule has 0 radical (unpaired) electrons. The summed E-state index contributed by atoms with van der Waals surface area (Å²) in [5.74, 6) is 0. The van der Waals surface area contributed by atoms with Crippen LogP contribution in [-0.4, -0.2) is 13.7 Å². The second kappa shape index (κ2) is 13.4. The Bertz CT molecular complexity index is 4140. The number of hydrogen-bond donors (Lipinski definition) is 0. The molecule has 0 bridgehead atoms. The topological polar surface area (TPSA) is 27.9 Å². The van der Waals surface area contributed by atoms with Crippen LogP contribution < -0.4 is 0 Å². The van der Waals surface area contributed by atoms with Gasteiger partial charge in [0.15, 0.2) is 0 Å². The fraction of sp³-hybridized carbons (Fsp3) is 0. The van der Waals surface area contributed by atoms with Gasteiger partial charge in [0.05, 0.1) is 44.2 Å². The third-order valence-electron chi connectivity index (χ3n) is 13.5. The highest BCUT2D eigenvalue weighted by molar-refractivity contribution is 6.18. The maximum Gasteiger partial charge on any atom is 0.137 e. The molecular formula is C60H37N3O. The summed E-state index contributed by atoms with van der Waals surface area (Å²) in [7, 11) is 0. The minimum absolute atomic E-state index is 0.866. The third kappa shape index (κ3) is 4.93. The minimum Gasteiger partial charge on any atom is -0.456 e. The Morgan fingerprint density at radius 2 is 0.703 bits per heavy atom. The molecular weight excluding hydrogens is 779 g/mol. The number of rotatable bonds is 5. The van der Waals surface area contributed by atoms with Crippen LogP contribution in [0.25, 0.3) is 127 Å². The number of fused-ring (bicyclic) bond motifs is 12. The van der Waals surface area contributed by atoms with Gasteiger partial charge < -0.3 is 18.1 Å². The lowest BCUT2D eigenvalue weighted by atomic mass is 9.92. The summed E-state index contributed by atoms with van der Waals surface area (Å²) < 4.78 is 14.0. The fourth-order valence-corrected chi connectivity index (χ4v) is 10.8. The molecule has 298 valence electrons. The zero-order chi connectivity index (χ0) is 41.9. The summed E-state index contributed by atoms with van der Waals surface area (Å²) in [6.45, 7) is 0. The highest BCUT2D eigenvalue weighted by atomic mass is 16.3. The molecule has 4 heterocycles. The van der Waals surface area contributed by atoms with Crippen molar-refractivity contribution in [3.05, 3.63) is 224 Å². The lowest BCUT2D eigenvalue weighted by Crippen LogP contribution is -2.00. The van der Waals surface area contributed by atoms with Crippen molar-refractivity contribution in [2.75, 3.05) is 0 Å². The molecule has 0 spiro atoms. The van der Waals surface area contributed by atoms with Crippen LogP contribution in [-0.2, 0) is 0 Å². The molecule has 4 aromatic heterocycles. The number of hydrogen-bond acceptors (Lipinski definition) is 1. The molecule has 14 aromatic rings. The van der Waals surface area contributed by atoms with E-state index < -0.39 is 0 Å². The second-order valence-electron chi connectivity index (χ2n) is 16.8. The maximum absolute atomic E-state index is 6.63. The Hall–Kier alpha value is -8.60. The molecule has 14 rings (SSSR count). The van der Waals surface area contributed by atoms with Crippen LogP contribution >= 0.6 is 0 Å². The lowest BCUT2D eigenvalue weighted by Gasteiger charge is -2.18. The Kier molecular flexibility index (Phi) is 7.36. The molecule has 10 aromatic carbocycles. The van der Waals surface area contributed by atoms with Gasteiger partial charge in [0.1, 0.15) is 11.2 Å². The molecule has 0 atom stereocenters. The first-order chi connectivity index (χ1) is 31.8. The van der Waals surface area contributed by atoms with Gasteiger partial charge in [-0.3, -0.25) is 0 Å². The van der Waals surface area contributed by atoms with Crippen molar-refractivity contribution in [2.24, 2.45) is 0 Å². The molecule has 0 aliphatic rings. The van der Waals surface area contributed by atoms with Gasteiger partial charge in [0.2, 0.25) is 0 Å². The van der Waals surface area contributed by atoms with E-state index in [1.165, 1.54) is 71.1 Å². The number of para-hydroxylation sites is 5. The molecule has 0 unspecified atom stereocenters. The van der Waals surface area contributed by atoms with Crippen molar-refractivity contribution in [3.8, 4) is 39.3 Å². The van der Waals surface area contributed by atoms with Gasteiger partial charge in [-0.1, -0.05) is 146 Å². The summed E-state index contributed by atoms with van der Waals surface area (Å²) in [5, 5.41) is 9.55. The molecule has 64 heavy (non-hydrogen) atoms. The molecule has 4 nitrogen and oxygen atoms in total. The van der Waals surface area contributed by atoms with Crippen LogP contribution in [0, 0.1) is 0 Å². The highest BCUT2D eigenvalue weighted by Crippen LogP contribution is 2.46. The number of aromatic nitrogens is 3. The molecule has 0 N–H and O–H groups in total. The van der Waals surface area contributed by atoms with Gasteiger partial charge in [-0.05, 0) is 95.6 Å². The van der Waals surface area contributed by atoms with Gasteiger partial charge in [0, 0.05) is 54.6 Å². The molecule has 0 amide bonds. The Labute approximate surface area is 367 Å². The van der Waals surface area contributed by atoms with Crippen LogP contribution in [0.15, 0.2) is 229 Å². The van der Waals surface area contributed by atoms with E-state index in [1.807, 2.05) is 0 Å². The van der Waals surface area contributed by atoms with Crippen molar-refractivity contribution in [2.45, 2.75) is 0 Å². The first-order valence-electron chi connectivity index (χ1n) is 21.9. The summed E-state index contributed by atoms with van der Waals surface area (Å²) in [6, 6.07) is 81.5. The van der Waals surface area contributed by atoms with Gasteiger partial charge in [-0.25, -0.2) is 0 Å². The second-order valence-corrected chi connectivity index (χ2v) is 16.8. The number of furan rings is 1. The monoisotopic (exact) mass is 815 g/mol. The maximum atomic E-state index is 6.63. The van der Waals surface area contributed by atoms with Gasteiger partial charge in [-0.2, -0.15) is 0 Å². The van der Waals surface area contributed by atoms with E-state index in [-0.39, 0.29) is 0 Å². The molecule has 0 saturated heterocycles. The molecule has 0 aliphatic carbocycles. The summed E-state index contributed by atoms with van der Waals surface area (Å²) in [6.07, 6.45) is 0. The number of nitrogens with zero attached hydrogens (tertiary/aromatic N) is 3. The molecule has 0 saturated carbocycles. The largest absolute Gasteiger partial charge is 0.456 e. The molecule has 0 fully saturated rings. The van der Waals surface area contributed by atoms with Crippen LogP contribution in [0.3, 0.4) is 0 Å². The van der Waals surface area contributed by atoms with Crippen molar-refractivity contribution < 1.29 is 4.42 Å². The highest BCUT2D eigenvalue weighted by Gasteiger charge is 2.24. The quantitative estimate of drug-likeness (QED) is 0.170. The summed E-state index contributed by atoms with van der Waals surface area (Å²) in [4.78, 5) is 0. The van der Waals surface area contributed by atoms with E-state index in [0.717, 1.165) is 55.6 Å². The SMILES string of the molecule is c1ccc(-c2ccccc2-c2ccc3oc4ccccc4c3c2-n2c3ccccc3c3cc(-n4c5ccccc5c5cc(-n6c7ccccc7c7ccccc76)ccc54)ccc32)cc1. The average molecular weight is 816 g/mol. The average Bonchev–Trinajstić information content (AvgIpc) is 4.10. The van der Waals surface area contributed by atoms with Gasteiger partial charge in [0.25, 0.3) is 0 Å². The van der Waals surface area contributed by atoms with E-state index in [2.05, 4.69) is 238 Å². The Morgan fingerprint density at radius 1 is 0.266 bits per heavy atom. The van der Waals surface area contributed by atoms with Gasteiger partial charge in [-0.15, -0.1) is 0 Å². The van der Waals surface area contributed by atoms with E-state index in [4.69, 9.17) is 4.42 Å². The van der Waals surface area contributed by atoms with E-state index in [9.17, 15) is 0 Å². The van der Waals surface area contributed by atoms with E-state index in [0.29, 0.717) is 0 Å². The van der Waals surface area contributed by atoms with Crippen LogP contribution in [0.1, 0.15) is 0 Å². The van der Waals surface area contributed by atoms with Crippen LogP contribution in [0.2, 0.25) is 0 Å². The normalized spacial score (nSPS) is 12.1.